The highest BCUT2D eigenvalue weighted by Gasteiger charge is 2.60. The normalized spacial score (nSPS) is 28.3. The van der Waals surface area contributed by atoms with Crippen molar-refractivity contribution in [3.8, 4) is 0 Å². The van der Waals surface area contributed by atoms with E-state index in [1.165, 1.54) is 60.8 Å². The quantitative estimate of drug-likeness (QED) is 0.0889. The van der Waals surface area contributed by atoms with Gasteiger partial charge in [0.25, 0.3) is 5.69 Å². The second-order valence-electron chi connectivity index (χ2n) is 12.3. The van der Waals surface area contributed by atoms with Crippen LogP contribution in [-0.2, 0) is 20.9 Å². The molecule has 0 saturated carbocycles. The Labute approximate surface area is 262 Å². The lowest BCUT2D eigenvalue weighted by Gasteiger charge is -2.50. The summed E-state index contributed by atoms with van der Waals surface area (Å²) in [5.41, 5.74) is 1.49. The summed E-state index contributed by atoms with van der Waals surface area (Å²) in [6.45, 7) is 11.9. The molecule has 0 unspecified atom stereocenters. The molecule has 8 rings (SSSR count). The zero-order valence-electron chi connectivity index (χ0n) is 24.6. The Balaban J connectivity index is 1.14. The lowest BCUT2D eigenvalue weighted by Crippen LogP contribution is -2.67. The minimum atomic E-state index is -0.844. The van der Waals surface area contributed by atoms with Crippen LogP contribution in [0.25, 0.3) is 10.4 Å². The third-order valence-electron chi connectivity index (χ3n) is 9.80. The number of benzene rings is 1. The van der Waals surface area contributed by atoms with E-state index >= 15 is 0 Å². The number of nitrogens with zero attached hydrogens (tertiary/aromatic N) is 6. The standard InChI is InChI=1S/C30H35N6O6S2/c1-18-23(22-15-33-17-31-27(29(33)44-22)43-14-13-36-10-7-32(8-11-36)9-12-36)26(34-25(18)24(19(2)37)28(34)38)30(39)42-16-20-3-5-21(6-4-20)35(40)41/h3-6,15,17-19,24-25,37H,7-14,16H2,1-2H3/q+1/t18-,19+,24+,25+/m0/s1. The number of esters is 1. The number of β-lactam (4-membered cyclic amide) rings is 1. The minimum absolute atomic E-state index is 0.0490. The molecule has 1 amide bonds. The number of fused-ring (bicyclic) bond motifs is 5. The van der Waals surface area contributed by atoms with E-state index in [0.29, 0.717) is 5.56 Å². The molecule has 12 nitrogen and oxygen atoms in total. The Morgan fingerprint density at radius 1 is 1.25 bits per heavy atom. The van der Waals surface area contributed by atoms with E-state index in [1.807, 2.05) is 17.5 Å². The average molecular weight is 640 g/mol. The summed E-state index contributed by atoms with van der Waals surface area (Å²) in [4.78, 5) is 48.0. The van der Waals surface area contributed by atoms with Crippen molar-refractivity contribution in [1.29, 1.82) is 0 Å². The van der Waals surface area contributed by atoms with E-state index in [-0.39, 0.29) is 35.9 Å². The van der Waals surface area contributed by atoms with E-state index < -0.39 is 22.9 Å². The van der Waals surface area contributed by atoms with E-state index in [9.17, 15) is 24.8 Å². The maximum absolute atomic E-state index is 13.6. The fourth-order valence-corrected chi connectivity index (χ4v) is 9.66. The van der Waals surface area contributed by atoms with Gasteiger partial charge in [0, 0.05) is 55.2 Å². The smallest absolute Gasteiger partial charge is 0.355 e. The summed E-state index contributed by atoms with van der Waals surface area (Å²) < 4.78 is 8.86. The van der Waals surface area contributed by atoms with Gasteiger partial charge in [-0.1, -0.05) is 18.7 Å². The fraction of sp³-hybridized carbons (Fsp3) is 0.500. The predicted octanol–water partition coefficient (Wildman–Crippen LogP) is 2.85. The third-order valence-corrected chi connectivity index (χ3v) is 12.0. The molecule has 4 atom stereocenters. The van der Waals surface area contributed by atoms with Crippen LogP contribution < -0.4 is 0 Å². The first kappa shape index (κ1) is 29.4. The third kappa shape index (κ3) is 4.92. The van der Waals surface area contributed by atoms with Crippen LogP contribution in [0.2, 0.25) is 0 Å². The number of carbonyl (C=O) groups excluding carboxylic acids is 2. The second kappa shape index (κ2) is 11.2. The lowest BCUT2D eigenvalue weighted by molar-refractivity contribution is -0.938. The zero-order chi connectivity index (χ0) is 30.7. The first-order valence-electron chi connectivity index (χ1n) is 15.0. The molecule has 4 fully saturated rings. The molecule has 0 aliphatic carbocycles. The van der Waals surface area contributed by atoms with Gasteiger partial charge in [-0.3, -0.25) is 24.2 Å². The number of thioether (sulfide) groups is 1. The van der Waals surface area contributed by atoms with Gasteiger partial charge >= 0.3 is 5.97 Å². The minimum Gasteiger partial charge on any atom is -0.456 e. The van der Waals surface area contributed by atoms with Gasteiger partial charge in [0.1, 0.15) is 28.5 Å². The molecule has 1 aromatic carbocycles. The Hall–Kier alpha value is -3.30. The van der Waals surface area contributed by atoms with Crippen molar-refractivity contribution in [1.82, 2.24) is 19.2 Å². The molecule has 7 heterocycles. The van der Waals surface area contributed by atoms with Gasteiger partial charge in [-0.2, -0.15) is 0 Å². The molecular formula is C30H35N6O6S2+. The largest absolute Gasteiger partial charge is 0.456 e. The number of rotatable bonds is 10. The number of carbonyl (C=O) groups is 2. The van der Waals surface area contributed by atoms with Gasteiger partial charge in [0.2, 0.25) is 5.91 Å². The molecule has 44 heavy (non-hydrogen) atoms. The number of nitro groups is 1. The molecule has 4 saturated heterocycles. The monoisotopic (exact) mass is 639 g/mol. The van der Waals surface area contributed by atoms with Crippen molar-refractivity contribution in [2.24, 2.45) is 11.8 Å². The van der Waals surface area contributed by atoms with Crippen LogP contribution in [0, 0.1) is 22.0 Å². The first-order valence-corrected chi connectivity index (χ1v) is 16.8. The number of hydrogen-bond acceptors (Lipinski definition) is 10. The van der Waals surface area contributed by atoms with Crippen molar-refractivity contribution < 1.29 is 28.8 Å². The molecule has 0 spiro atoms. The maximum atomic E-state index is 13.6. The van der Waals surface area contributed by atoms with Crippen molar-refractivity contribution in [2.75, 3.05) is 51.6 Å². The second-order valence-corrected chi connectivity index (χ2v) is 14.4. The fourth-order valence-electron chi connectivity index (χ4n) is 7.22. The number of hydrogen-bond donors (Lipinski definition) is 1. The Morgan fingerprint density at radius 3 is 2.61 bits per heavy atom. The van der Waals surface area contributed by atoms with Crippen LogP contribution in [-0.4, -0.2) is 109 Å². The van der Waals surface area contributed by atoms with E-state index in [2.05, 4.69) is 9.88 Å². The highest BCUT2D eigenvalue weighted by atomic mass is 32.2. The molecule has 0 radical (unpaired) electrons. The SMILES string of the molecule is C[C@@H](O)[C@H]1C(=O)N2C(C(=O)OCc3ccc([N+](=O)[O-])cc3)=C(c3cn4cnc(SCC[N+]56CCN(CC5)CC6)c4s3)[C@H](C)[C@H]12. The number of imidazole rings is 1. The van der Waals surface area contributed by atoms with Gasteiger partial charge in [-0.25, -0.2) is 9.78 Å². The van der Waals surface area contributed by atoms with Crippen LogP contribution in [0.5, 0.6) is 0 Å². The molecule has 1 N–H and O–H groups in total. The maximum Gasteiger partial charge on any atom is 0.355 e. The molecule has 2 aromatic heterocycles. The van der Waals surface area contributed by atoms with Crippen LogP contribution in [0.1, 0.15) is 24.3 Å². The molecule has 2 bridgehead atoms. The predicted molar refractivity (Wildman–Crippen MR) is 165 cm³/mol. The molecule has 5 aliphatic rings. The summed E-state index contributed by atoms with van der Waals surface area (Å²) in [5, 5.41) is 22.3. The van der Waals surface area contributed by atoms with Gasteiger partial charge in [-0.15, -0.1) is 11.3 Å². The summed E-state index contributed by atoms with van der Waals surface area (Å²) >= 11 is 3.32. The van der Waals surface area contributed by atoms with Gasteiger partial charge in [0.15, 0.2) is 0 Å². The van der Waals surface area contributed by atoms with Crippen molar-refractivity contribution in [3.05, 3.63) is 63.0 Å². The number of thiazole rings is 1. The molecular weight excluding hydrogens is 605 g/mol. The number of aliphatic hydroxyl groups is 1. The van der Waals surface area contributed by atoms with Gasteiger partial charge in [0.05, 0.1) is 54.0 Å². The number of ether oxygens (including phenoxy) is 1. The van der Waals surface area contributed by atoms with Crippen molar-refractivity contribution >= 4 is 51.1 Å². The zero-order valence-corrected chi connectivity index (χ0v) is 26.3. The van der Waals surface area contributed by atoms with Crippen molar-refractivity contribution in [2.45, 2.75) is 37.6 Å². The number of aromatic nitrogens is 2. The average Bonchev–Trinajstić information content (AvgIpc) is 3.67. The molecule has 3 aromatic rings. The Morgan fingerprint density at radius 2 is 1.95 bits per heavy atom. The van der Waals surface area contributed by atoms with Gasteiger partial charge < -0.3 is 19.2 Å². The van der Waals surface area contributed by atoms with E-state index in [4.69, 9.17) is 4.74 Å². The topological polar surface area (TPSA) is 131 Å². The number of amides is 1. The summed E-state index contributed by atoms with van der Waals surface area (Å²) in [6.07, 6.45) is 2.92. The highest BCUT2D eigenvalue weighted by Crippen LogP contribution is 2.52. The van der Waals surface area contributed by atoms with E-state index in [0.717, 1.165) is 32.6 Å². The molecule has 14 heteroatoms. The Bertz CT molecular complexity index is 1640. The summed E-state index contributed by atoms with van der Waals surface area (Å²) in [5.74, 6) is -0.731. The molecule has 5 aliphatic heterocycles. The lowest BCUT2D eigenvalue weighted by atomic mass is 9.77. The number of non-ortho nitro benzene ring substituents is 1. The number of aliphatic hydroxyl groups excluding tert-OH is 1. The van der Waals surface area contributed by atoms with Crippen LogP contribution in [0.15, 0.2) is 47.5 Å². The van der Waals surface area contributed by atoms with Crippen molar-refractivity contribution in [3.63, 3.8) is 0 Å². The molecule has 232 valence electrons. The number of quaternary nitrogens is 1. The van der Waals surface area contributed by atoms with Gasteiger partial charge in [-0.05, 0) is 24.6 Å². The van der Waals surface area contributed by atoms with Crippen LogP contribution in [0.3, 0.4) is 0 Å². The number of nitro benzene ring substituents is 1. The summed E-state index contributed by atoms with van der Waals surface area (Å²) in [6, 6.07) is 5.48. The summed E-state index contributed by atoms with van der Waals surface area (Å²) in [7, 11) is 0. The van der Waals surface area contributed by atoms with E-state index in [1.54, 1.807) is 48.5 Å². The Kier molecular flexibility index (Phi) is 7.52. The number of piperazine rings is 3. The highest BCUT2D eigenvalue weighted by molar-refractivity contribution is 7.99. The first-order chi connectivity index (χ1) is 21.2. The van der Waals surface area contributed by atoms with Crippen LogP contribution in [0.4, 0.5) is 5.69 Å². The van der Waals surface area contributed by atoms with Crippen LogP contribution >= 0.6 is 23.1 Å².